The second-order valence-corrected chi connectivity index (χ2v) is 5.84. The maximum Gasteiger partial charge on any atom is 0.328 e. The number of nitrogens with zero attached hydrogens (tertiary/aromatic N) is 1. The van der Waals surface area contributed by atoms with Crippen molar-refractivity contribution in [2.75, 3.05) is 13.2 Å². The topological polar surface area (TPSA) is 102 Å². The van der Waals surface area contributed by atoms with E-state index in [1.54, 1.807) is 6.92 Å². The van der Waals surface area contributed by atoms with Gasteiger partial charge in [-0.15, -0.1) is 0 Å². The molecule has 0 saturated carbocycles. The van der Waals surface area contributed by atoms with E-state index in [0.717, 1.165) is 5.75 Å². The van der Waals surface area contributed by atoms with Crippen LogP contribution in [0.15, 0.2) is 40.1 Å². The van der Waals surface area contributed by atoms with E-state index in [1.165, 1.54) is 10.8 Å². The van der Waals surface area contributed by atoms with Gasteiger partial charge < -0.3 is 14.8 Å². The average Bonchev–Trinajstić information content (AvgIpc) is 2.59. The average molecular weight is 345 g/mol. The lowest BCUT2D eigenvalue weighted by Gasteiger charge is -2.26. The third-order valence-corrected chi connectivity index (χ3v) is 3.86. The lowest BCUT2D eigenvalue weighted by Crippen LogP contribution is -2.38. The van der Waals surface area contributed by atoms with Gasteiger partial charge in [-0.3, -0.25) is 19.1 Å². The van der Waals surface area contributed by atoms with E-state index in [9.17, 15) is 14.4 Å². The Labute approximate surface area is 143 Å². The van der Waals surface area contributed by atoms with Crippen molar-refractivity contribution in [2.45, 2.75) is 26.0 Å². The summed E-state index contributed by atoms with van der Waals surface area (Å²) >= 11 is 0. The molecule has 2 N–H and O–H groups in total. The van der Waals surface area contributed by atoms with Gasteiger partial charge in [0.25, 0.3) is 5.56 Å². The van der Waals surface area contributed by atoms with Gasteiger partial charge in [-0.25, -0.2) is 4.79 Å². The number of aromatic nitrogens is 2. The van der Waals surface area contributed by atoms with Gasteiger partial charge in [0.1, 0.15) is 19.3 Å². The van der Waals surface area contributed by atoms with Gasteiger partial charge >= 0.3 is 5.69 Å². The van der Waals surface area contributed by atoms with E-state index in [0.29, 0.717) is 30.9 Å². The number of para-hydroxylation sites is 2. The monoisotopic (exact) mass is 345 g/mol. The smallest absolute Gasteiger partial charge is 0.328 e. The van der Waals surface area contributed by atoms with Crippen LogP contribution in [-0.2, 0) is 11.3 Å². The Morgan fingerprint density at radius 1 is 1.32 bits per heavy atom. The third kappa shape index (κ3) is 4.09. The number of rotatable bonds is 5. The van der Waals surface area contributed by atoms with Crippen LogP contribution in [0.3, 0.4) is 0 Å². The second-order valence-electron chi connectivity index (χ2n) is 5.84. The number of benzene rings is 1. The van der Waals surface area contributed by atoms with Gasteiger partial charge in [0, 0.05) is 24.7 Å². The highest BCUT2D eigenvalue weighted by Crippen LogP contribution is 2.31. The first-order valence-corrected chi connectivity index (χ1v) is 7.98. The van der Waals surface area contributed by atoms with Crippen LogP contribution in [0.4, 0.5) is 0 Å². The van der Waals surface area contributed by atoms with Crippen molar-refractivity contribution in [1.29, 1.82) is 0 Å². The van der Waals surface area contributed by atoms with Crippen molar-refractivity contribution in [3.8, 4) is 11.5 Å². The molecule has 25 heavy (non-hydrogen) atoms. The molecule has 0 aliphatic carbocycles. The fourth-order valence-electron chi connectivity index (χ4n) is 2.52. The van der Waals surface area contributed by atoms with Crippen LogP contribution in [0.25, 0.3) is 0 Å². The first-order chi connectivity index (χ1) is 12.0. The molecule has 132 valence electrons. The second kappa shape index (κ2) is 7.25. The molecular weight excluding hydrogens is 326 g/mol. The van der Waals surface area contributed by atoms with E-state index in [4.69, 9.17) is 9.47 Å². The van der Waals surface area contributed by atoms with E-state index in [1.807, 2.05) is 24.3 Å². The zero-order chi connectivity index (χ0) is 17.8. The van der Waals surface area contributed by atoms with Gasteiger partial charge in [-0.05, 0) is 19.1 Å². The molecule has 2 heterocycles. The molecule has 0 saturated heterocycles. The number of ether oxygens (including phenoxy) is 2. The van der Waals surface area contributed by atoms with Crippen molar-refractivity contribution in [3.05, 3.63) is 56.9 Å². The number of fused-ring (bicyclic) bond motifs is 1. The molecule has 1 aromatic carbocycles. The minimum atomic E-state index is -0.605. The standard InChI is InChI=1S/C17H19N3O5/c1-11-8-20(17(23)19-16(11)22)9-15(21)18-7-6-12-10-24-13-4-2-3-5-14(13)25-12/h2-5,8,12H,6-7,9-10H2,1H3,(H,18,21)(H,19,22,23)/t12-/m1/s1. The fourth-order valence-corrected chi connectivity index (χ4v) is 2.52. The summed E-state index contributed by atoms with van der Waals surface area (Å²) < 4.78 is 12.6. The molecule has 0 spiro atoms. The van der Waals surface area contributed by atoms with Crippen LogP contribution in [0.2, 0.25) is 0 Å². The minimum Gasteiger partial charge on any atom is -0.486 e. The zero-order valence-electron chi connectivity index (χ0n) is 13.8. The predicted octanol–water partition coefficient (Wildman–Crippen LogP) is 0.191. The molecule has 0 radical (unpaired) electrons. The van der Waals surface area contributed by atoms with Crippen LogP contribution in [-0.4, -0.2) is 34.7 Å². The SMILES string of the molecule is Cc1cn(CC(=O)NCC[C@@H]2COc3ccccc3O2)c(=O)[nH]c1=O. The molecule has 0 fully saturated rings. The summed E-state index contributed by atoms with van der Waals surface area (Å²) in [4.78, 5) is 37.1. The van der Waals surface area contributed by atoms with Gasteiger partial charge in [0.2, 0.25) is 5.91 Å². The highest BCUT2D eigenvalue weighted by molar-refractivity contribution is 5.75. The van der Waals surface area contributed by atoms with Crippen LogP contribution < -0.4 is 26.0 Å². The van der Waals surface area contributed by atoms with E-state index in [2.05, 4.69) is 10.3 Å². The third-order valence-electron chi connectivity index (χ3n) is 3.86. The first kappa shape index (κ1) is 16.8. The summed E-state index contributed by atoms with van der Waals surface area (Å²) in [5.41, 5.74) is -0.679. The van der Waals surface area contributed by atoms with Crippen molar-refractivity contribution in [1.82, 2.24) is 14.9 Å². The molecule has 1 aromatic heterocycles. The molecule has 1 aliphatic heterocycles. The first-order valence-electron chi connectivity index (χ1n) is 7.98. The molecule has 8 heteroatoms. The number of aromatic amines is 1. The van der Waals surface area contributed by atoms with Crippen molar-refractivity contribution in [3.63, 3.8) is 0 Å². The Morgan fingerprint density at radius 3 is 2.88 bits per heavy atom. The van der Waals surface area contributed by atoms with Crippen LogP contribution in [0.1, 0.15) is 12.0 Å². The molecule has 1 aliphatic rings. The van der Waals surface area contributed by atoms with Gasteiger partial charge in [-0.1, -0.05) is 12.1 Å². The summed E-state index contributed by atoms with van der Waals surface area (Å²) in [6.07, 6.45) is 1.81. The Kier molecular flexibility index (Phi) is 4.87. The normalized spacial score (nSPS) is 15.6. The maximum absolute atomic E-state index is 12.0. The molecule has 2 aromatic rings. The minimum absolute atomic E-state index is 0.145. The summed E-state index contributed by atoms with van der Waals surface area (Å²) in [6.45, 7) is 2.24. The quantitative estimate of drug-likeness (QED) is 0.805. The number of hydrogen-bond donors (Lipinski definition) is 2. The number of carbonyl (C=O) groups excluding carboxylic acids is 1. The number of hydrogen-bond acceptors (Lipinski definition) is 5. The van der Waals surface area contributed by atoms with Crippen LogP contribution in [0, 0.1) is 6.92 Å². The molecule has 8 nitrogen and oxygen atoms in total. The molecular formula is C17H19N3O5. The van der Waals surface area contributed by atoms with Crippen LogP contribution in [0.5, 0.6) is 11.5 Å². The summed E-state index contributed by atoms with van der Waals surface area (Å²) in [6, 6.07) is 7.43. The lowest BCUT2D eigenvalue weighted by atomic mass is 10.2. The Bertz CT molecular complexity index is 886. The number of nitrogens with one attached hydrogen (secondary N) is 2. The van der Waals surface area contributed by atoms with E-state index >= 15 is 0 Å². The van der Waals surface area contributed by atoms with Crippen molar-refractivity contribution >= 4 is 5.91 Å². The highest BCUT2D eigenvalue weighted by atomic mass is 16.6. The zero-order valence-corrected chi connectivity index (χ0v) is 13.8. The van der Waals surface area contributed by atoms with E-state index < -0.39 is 11.2 Å². The molecule has 0 unspecified atom stereocenters. The van der Waals surface area contributed by atoms with Crippen molar-refractivity contribution < 1.29 is 14.3 Å². The van der Waals surface area contributed by atoms with Gasteiger partial charge in [0.15, 0.2) is 11.5 Å². The lowest BCUT2D eigenvalue weighted by molar-refractivity contribution is -0.121. The largest absolute Gasteiger partial charge is 0.486 e. The molecule has 1 atom stereocenters. The van der Waals surface area contributed by atoms with Crippen molar-refractivity contribution in [2.24, 2.45) is 0 Å². The summed E-state index contributed by atoms with van der Waals surface area (Å²) in [7, 11) is 0. The highest BCUT2D eigenvalue weighted by Gasteiger charge is 2.20. The molecule has 0 bridgehead atoms. The number of H-pyrrole nitrogens is 1. The van der Waals surface area contributed by atoms with Crippen LogP contribution >= 0.6 is 0 Å². The van der Waals surface area contributed by atoms with Gasteiger partial charge in [0.05, 0.1) is 0 Å². The summed E-state index contributed by atoms with van der Waals surface area (Å²) in [5, 5.41) is 2.74. The Hall–Kier alpha value is -3.03. The fraction of sp³-hybridized carbons (Fsp3) is 0.353. The number of aryl methyl sites for hydroxylation is 1. The summed E-state index contributed by atoms with van der Waals surface area (Å²) in [5.74, 6) is 1.10. The number of carbonyl (C=O) groups is 1. The van der Waals surface area contributed by atoms with E-state index in [-0.39, 0.29) is 18.6 Å². The molecule has 1 amide bonds. The Balaban J connectivity index is 1.48. The maximum atomic E-state index is 12.0. The molecule has 3 rings (SSSR count). The van der Waals surface area contributed by atoms with Gasteiger partial charge in [-0.2, -0.15) is 0 Å². The Morgan fingerprint density at radius 2 is 2.08 bits per heavy atom. The predicted molar refractivity (Wildman–Crippen MR) is 90.0 cm³/mol. The number of amides is 1.